The summed E-state index contributed by atoms with van der Waals surface area (Å²) in [6.07, 6.45) is 3.39. The lowest BCUT2D eigenvalue weighted by Gasteiger charge is -2.14. The number of aromatic nitrogens is 4. The van der Waals surface area contributed by atoms with Gasteiger partial charge in [0, 0.05) is 17.1 Å². The van der Waals surface area contributed by atoms with E-state index in [9.17, 15) is 0 Å². The highest BCUT2D eigenvalue weighted by Gasteiger charge is 2.12. The fourth-order valence-corrected chi connectivity index (χ4v) is 4.95. The molecule has 1 aromatic heterocycles. The van der Waals surface area contributed by atoms with E-state index in [4.69, 9.17) is 4.99 Å². The zero-order valence-corrected chi connectivity index (χ0v) is 16.6. The Morgan fingerprint density at radius 1 is 0.963 bits per heavy atom. The van der Waals surface area contributed by atoms with E-state index in [0.29, 0.717) is 5.82 Å². The topological polar surface area (TPSA) is 56.0 Å². The summed E-state index contributed by atoms with van der Waals surface area (Å²) in [5.41, 5.74) is 3.47. The summed E-state index contributed by atoms with van der Waals surface area (Å²) in [4.78, 5) is 6.45. The second kappa shape index (κ2) is 9.19. The van der Waals surface area contributed by atoms with E-state index in [0.717, 1.165) is 42.1 Å². The first-order valence-corrected chi connectivity index (χ1v) is 11.1. The molecule has 0 spiro atoms. The highest BCUT2D eigenvalue weighted by Crippen LogP contribution is 2.34. The minimum Gasteiger partial charge on any atom is -0.235 e. The third-order valence-electron chi connectivity index (χ3n) is 4.27. The SMILES string of the molecule is c1ccc(-c2nnn(CCCCCSC3=Nc4ccccc4CS3)n2)cc1. The molecular weight excluding hydrogens is 374 g/mol. The maximum absolute atomic E-state index is 4.75. The van der Waals surface area contributed by atoms with Gasteiger partial charge >= 0.3 is 0 Å². The van der Waals surface area contributed by atoms with Crippen molar-refractivity contribution in [2.45, 2.75) is 31.6 Å². The average Bonchev–Trinajstić information content (AvgIpc) is 3.20. The quantitative estimate of drug-likeness (QED) is 0.516. The van der Waals surface area contributed by atoms with Gasteiger partial charge in [0.25, 0.3) is 0 Å². The van der Waals surface area contributed by atoms with Crippen LogP contribution in [-0.2, 0) is 12.3 Å². The zero-order chi connectivity index (χ0) is 18.3. The summed E-state index contributed by atoms with van der Waals surface area (Å²) < 4.78 is 1.19. The molecule has 0 N–H and O–H groups in total. The van der Waals surface area contributed by atoms with Gasteiger partial charge in [-0.05, 0) is 29.7 Å². The van der Waals surface area contributed by atoms with Gasteiger partial charge in [-0.1, -0.05) is 78.5 Å². The molecule has 3 aromatic rings. The van der Waals surface area contributed by atoms with E-state index in [2.05, 4.69) is 39.7 Å². The van der Waals surface area contributed by atoms with Crippen LogP contribution >= 0.6 is 23.5 Å². The lowest BCUT2D eigenvalue weighted by atomic mass is 10.2. The minimum atomic E-state index is 0.693. The Balaban J connectivity index is 1.17. The van der Waals surface area contributed by atoms with Crippen molar-refractivity contribution in [1.29, 1.82) is 0 Å². The number of thioether (sulfide) groups is 2. The Hall–Kier alpha value is -2.12. The fraction of sp³-hybridized carbons (Fsp3) is 0.300. The van der Waals surface area contributed by atoms with Crippen molar-refractivity contribution in [1.82, 2.24) is 20.2 Å². The molecular formula is C20H21N5S2. The third-order valence-corrected chi connectivity index (χ3v) is 6.60. The van der Waals surface area contributed by atoms with Crippen LogP contribution in [0.25, 0.3) is 11.4 Å². The van der Waals surface area contributed by atoms with E-state index < -0.39 is 0 Å². The number of aliphatic imine (C=N–C) groups is 1. The number of nitrogens with zero attached hydrogens (tertiary/aromatic N) is 5. The number of aryl methyl sites for hydroxylation is 1. The molecule has 0 radical (unpaired) electrons. The van der Waals surface area contributed by atoms with E-state index in [1.54, 1.807) is 4.80 Å². The summed E-state index contributed by atoms with van der Waals surface area (Å²) in [7, 11) is 0. The molecule has 0 unspecified atom stereocenters. The summed E-state index contributed by atoms with van der Waals surface area (Å²) in [5.74, 6) is 2.83. The maximum atomic E-state index is 4.75. The second-order valence-corrected chi connectivity index (χ2v) is 8.59. The Morgan fingerprint density at radius 3 is 2.74 bits per heavy atom. The van der Waals surface area contributed by atoms with Crippen LogP contribution in [0.2, 0.25) is 0 Å². The number of para-hydroxylation sites is 1. The number of benzene rings is 2. The molecule has 2 heterocycles. The molecule has 1 aliphatic heterocycles. The molecule has 1 aliphatic rings. The summed E-state index contributed by atoms with van der Waals surface area (Å²) >= 11 is 3.72. The normalized spacial score (nSPS) is 13.3. The second-order valence-electron chi connectivity index (χ2n) is 6.28. The molecule has 0 bridgehead atoms. The molecule has 27 heavy (non-hydrogen) atoms. The lowest BCUT2D eigenvalue weighted by molar-refractivity contribution is 0.487. The first-order chi connectivity index (χ1) is 13.4. The molecule has 0 atom stereocenters. The zero-order valence-electron chi connectivity index (χ0n) is 15.0. The van der Waals surface area contributed by atoms with Crippen LogP contribution in [-0.4, -0.2) is 30.3 Å². The van der Waals surface area contributed by atoms with Crippen molar-refractivity contribution >= 4 is 33.6 Å². The third kappa shape index (κ3) is 4.99. The minimum absolute atomic E-state index is 0.693. The number of rotatable bonds is 7. The van der Waals surface area contributed by atoms with Crippen molar-refractivity contribution in [2.24, 2.45) is 4.99 Å². The molecule has 4 rings (SSSR count). The smallest absolute Gasteiger partial charge is 0.204 e. The van der Waals surface area contributed by atoms with Crippen LogP contribution in [0.15, 0.2) is 59.6 Å². The first-order valence-electron chi connectivity index (χ1n) is 9.14. The van der Waals surface area contributed by atoms with Crippen LogP contribution in [0.4, 0.5) is 5.69 Å². The van der Waals surface area contributed by atoms with Crippen LogP contribution in [0.1, 0.15) is 24.8 Å². The van der Waals surface area contributed by atoms with E-state index >= 15 is 0 Å². The van der Waals surface area contributed by atoms with Gasteiger partial charge in [-0.15, -0.1) is 10.2 Å². The Bertz CT molecular complexity index is 908. The largest absolute Gasteiger partial charge is 0.235 e. The Kier molecular flexibility index (Phi) is 6.21. The number of tetrazole rings is 1. The standard InChI is InChI=1S/C20H21N5S2/c1-3-9-16(10-4-1)19-22-24-25(23-19)13-7-2-8-14-26-20-21-18-12-6-5-11-17(18)15-27-20/h1,3-6,9-12H,2,7-8,13-15H2. The van der Waals surface area contributed by atoms with Gasteiger partial charge in [0.1, 0.15) is 4.38 Å². The number of fused-ring (bicyclic) bond motifs is 1. The summed E-state index contributed by atoms with van der Waals surface area (Å²) in [6, 6.07) is 18.4. The molecule has 0 saturated carbocycles. The van der Waals surface area contributed by atoms with Crippen LogP contribution in [0, 0.1) is 0 Å². The monoisotopic (exact) mass is 395 g/mol. The summed E-state index contributed by atoms with van der Waals surface area (Å²) in [6.45, 7) is 0.813. The molecule has 2 aromatic carbocycles. The van der Waals surface area contributed by atoms with Crippen molar-refractivity contribution in [2.75, 3.05) is 5.75 Å². The Morgan fingerprint density at radius 2 is 1.81 bits per heavy atom. The maximum Gasteiger partial charge on any atom is 0.204 e. The lowest BCUT2D eigenvalue weighted by Crippen LogP contribution is -2.03. The molecule has 5 nitrogen and oxygen atoms in total. The van der Waals surface area contributed by atoms with E-state index in [1.807, 2.05) is 53.9 Å². The molecule has 0 saturated heterocycles. The molecule has 138 valence electrons. The van der Waals surface area contributed by atoms with Crippen LogP contribution in [0.3, 0.4) is 0 Å². The Labute approximate surface area is 167 Å². The van der Waals surface area contributed by atoms with Crippen LogP contribution < -0.4 is 0 Å². The average molecular weight is 396 g/mol. The van der Waals surface area contributed by atoms with Gasteiger partial charge in [0.2, 0.25) is 5.82 Å². The van der Waals surface area contributed by atoms with Crippen molar-refractivity contribution in [3.05, 3.63) is 60.2 Å². The van der Waals surface area contributed by atoms with Crippen molar-refractivity contribution in [3.8, 4) is 11.4 Å². The molecule has 0 amide bonds. The summed E-state index contributed by atoms with van der Waals surface area (Å²) in [5, 5.41) is 12.8. The number of unbranched alkanes of at least 4 members (excludes halogenated alkanes) is 2. The van der Waals surface area contributed by atoms with Crippen LogP contribution in [0.5, 0.6) is 0 Å². The van der Waals surface area contributed by atoms with Gasteiger partial charge in [-0.2, -0.15) is 4.80 Å². The highest BCUT2D eigenvalue weighted by molar-refractivity contribution is 8.38. The van der Waals surface area contributed by atoms with E-state index in [1.165, 1.54) is 16.4 Å². The fourth-order valence-electron chi connectivity index (χ4n) is 2.82. The van der Waals surface area contributed by atoms with Crippen molar-refractivity contribution < 1.29 is 0 Å². The predicted octanol–water partition coefficient (Wildman–Crippen LogP) is 5.18. The molecule has 0 fully saturated rings. The molecule has 7 heteroatoms. The van der Waals surface area contributed by atoms with Gasteiger partial charge < -0.3 is 0 Å². The van der Waals surface area contributed by atoms with Gasteiger partial charge in [-0.3, -0.25) is 0 Å². The predicted molar refractivity (Wildman–Crippen MR) is 114 cm³/mol. The first kappa shape index (κ1) is 18.3. The highest BCUT2D eigenvalue weighted by atomic mass is 32.2. The van der Waals surface area contributed by atoms with E-state index in [-0.39, 0.29) is 0 Å². The number of hydrogen-bond acceptors (Lipinski definition) is 6. The van der Waals surface area contributed by atoms with Crippen molar-refractivity contribution in [3.63, 3.8) is 0 Å². The van der Waals surface area contributed by atoms with Gasteiger partial charge in [-0.25, -0.2) is 4.99 Å². The van der Waals surface area contributed by atoms with Gasteiger partial charge in [0.05, 0.1) is 12.2 Å². The van der Waals surface area contributed by atoms with Gasteiger partial charge in [0.15, 0.2) is 0 Å². The molecule has 0 aliphatic carbocycles. The number of hydrogen-bond donors (Lipinski definition) is 0.